The zero-order valence-corrected chi connectivity index (χ0v) is 19.5. The molecule has 9 heteroatoms. The van der Waals surface area contributed by atoms with E-state index in [4.69, 9.17) is 35.2 Å². The molecule has 0 radical (unpaired) electrons. The van der Waals surface area contributed by atoms with Crippen molar-refractivity contribution < 1.29 is 23.7 Å². The molecule has 0 aliphatic heterocycles. The summed E-state index contributed by atoms with van der Waals surface area (Å²) < 4.78 is 28.3. The van der Waals surface area contributed by atoms with Crippen LogP contribution in [0.4, 0.5) is 11.6 Å². The molecular formula is C26H30N4O5. The summed E-state index contributed by atoms with van der Waals surface area (Å²) >= 11 is 0. The lowest BCUT2D eigenvalue weighted by atomic mass is 10.2. The highest BCUT2D eigenvalue weighted by Gasteiger charge is 2.04. The van der Waals surface area contributed by atoms with E-state index in [0.29, 0.717) is 64.5 Å². The Hall–Kier alpha value is -3.66. The smallest absolute Gasteiger partial charge is 0.128 e. The van der Waals surface area contributed by atoms with E-state index < -0.39 is 0 Å². The topological polar surface area (TPSA) is 124 Å². The van der Waals surface area contributed by atoms with Gasteiger partial charge in [-0.2, -0.15) is 0 Å². The Balaban J connectivity index is 1.01. The first-order chi connectivity index (χ1) is 17.2. The second-order valence-corrected chi connectivity index (χ2v) is 7.65. The van der Waals surface area contributed by atoms with Gasteiger partial charge in [-0.1, -0.05) is 12.1 Å². The van der Waals surface area contributed by atoms with Crippen molar-refractivity contribution in [3.05, 3.63) is 60.7 Å². The van der Waals surface area contributed by atoms with Gasteiger partial charge in [0.2, 0.25) is 0 Å². The van der Waals surface area contributed by atoms with Gasteiger partial charge in [0.15, 0.2) is 0 Å². The molecule has 4 N–H and O–H groups in total. The molecular weight excluding hydrogens is 448 g/mol. The van der Waals surface area contributed by atoms with Crippen LogP contribution in [0.25, 0.3) is 21.8 Å². The summed E-state index contributed by atoms with van der Waals surface area (Å²) in [6.07, 6.45) is 0. The molecule has 0 saturated carbocycles. The van der Waals surface area contributed by atoms with Crippen LogP contribution in [-0.2, 0) is 14.2 Å². The molecule has 0 aliphatic rings. The molecule has 2 aromatic carbocycles. The first kappa shape index (κ1) is 24.5. The Kier molecular flexibility index (Phi) is 8.88. The third-order valence-electron chi connectivity index (χ3n) is 5.14. The quantitative estimate of drug-likeness (QED) is 0.262. The summed E-state index contributed by atoms with van der Waals surface area (Å²) in [5, 5.41) is 1.85. The van der Waals surface area contributed by atoms with Crippen LogP contribution in [0.2, 0.25) is 0 Å². The Morgan fingerprint density at radius 2 is 0.886 bits per heavy atom. The van der Waals surface area contributed by atoms with E-state index in [1.54, 1.807) is 12.1 Å². The van der Waals surface area contributed by atoms with Gasteiger partial charge in [0, 0.05) is 10.8 Å². The summed E-state index contributed by atoms with van der Waals surface area (Å²) in [4.78, 5) is 8.60. The highest BCUT2D eigenvalue weighted by Crippen LogP contribution is 2.25. The lowest BCUT2D eigenvalue weighted by Gasteiger charge is -2.11. The fourth-order valence-corrected chi connectivity index (χ4v) is 3.50. The van der Waals surface area contributed by atoms with E-state index in [9.17, 15) is 0 Å². The first-order valence-electron chi connectivity index (χ1n) is 11.5. The molecule has 0 saturated heterocycles. The standard InChI is InChI=1S/C26H30N4O5/c27-25-9-7-19-21(29-25)3-1-5-23(19)34-17-15-32-13-11-31-12-14-33-16-18-35-24-6-2-4-22-20(24)8-10-26(28)30-22/h1-10H,11-18H2,(H2,27,29)(H2,28,30). The Morgan fingerprint density at radius 3 is 1.31 bits per heavy atom. The zero-order chi connectivity index (χ0) is 24.3. The molecule has 9 nitrogen and oxygen atoms in total. The minimum atomic E-state index is 0.437. The van der Waals surface area contributed by atoms with Crippen molar-refractivity contribution >= 4 is 33.4 Å². The van der Waals surface area contributed by atoms with Crippen LogP contribution >= 0.6 is 0 Å². The molecule has 184 valence electrons. The second kappa shape index (κ2) is 12.7. The van der Waals surface area contributed by atoms with Gasteiger partial charge in [-0.25, -0.2) is 9.97 Å². The van der Waals surface area contributed by atoms with Gasteiger partial charge in [-0.05, 0) is 48.5 Å². The third-order valence-corrected chi connectivity index (χ3v) is 5.14. The van der Waals surface area contributed by atoms with Crippen LogP contribution in [0, 0.1) is 0 Å². The van der Waals surface area contributed by atoms with Crippen LogP contribution in [-0.4, -0.2) is 62.8 Å². The maximum Gasteiger partial charge on any atom is 0.128 e. The summed E-state index contributed by atoms with van der Waals surface area (Å²) in [5.41, 5.74) is 13.1. The van der Waals surface area contributed by atoms with Crippen LogP contribution in [0.5, 0.6) is 11.5 Å². The second-order valence-electron chi connectivity index (χ2n) is 7.65. The van der Waals surface area contributed by atoms with Gasteiger partial charge in [-0.3, -0.25) is 0 Å². The van der Waals surface area contributed by atoms with E-state index in [1.165, 1.54) is 0 Å². The highest BCUT2D eigenvalue weighted by atomic mass is 16.6. The van der Waals surface area contributed by atoms with Crippen molar-refractivity contribution in [2.75, 3.05) is 64.3 Å². The zero-order valence-electron chi connectivity index (χ0n) is 19.5. The van der Waals surface area contributed by atoms with Gasteiger partial charge in [0.1, 0.15) is 36.3 Å². The summed E-state index contributed by atoms with van der Waals surface area (Å²) in [5.74, 6) is 2.50. The van der Waals surface area contributed by atoms with Gasteiger partial charge in [0.25, 0.3) is 0 Å². The number of hydrogen-bond donors (Lipinski definition) is 2. The molecule has 0 amide bonds. The largest absolute Gasteiger partial charge is 0.490 e. The first-order valence-corrected chi connectivity index (χ1v) is 11.5. The molecule has 0 spiro atoms. The molecule has 4 rings (SSSR count). The number of aromatic nitrogens is 2. The SMILES string of the molecule is Nc1ccc2c(OCCOCCOCCOCCOc3cccc4nc(N)ccc34)cccc2n1. The molecule has 0 bridgehead atoms. The van der Waals surface area contributed by atoms with Crippen molar-refractivity contribution in [2.24, 2.45) is 0 Å². The van der Waals surface area contributed by atoms with Crippen molar-refractivity contribution in [3.63, 3.8) is 0 Å². The number of anilines is 2. The number of benzene rings is 2. The molecule has 35 heavy (non-hydrogen) atoms. The number of nitrogens with two attached hydrogens (primary N) is 2. The van der Waals surface area contributed by atoms with Crippen LogP contribution < -0.4 is 20.9 Å². The Bertz CT molecular complexity index is 1140. The fourth-order valence-electron chi connectivity index (χ4n) is 3.50. The molecule has 0 atom stereocenters. The molecule has 0 unspecified atom stereocenters. The van der Waals surface area contributed by atoms with Gasteiger partial charge in [-0.15, -0.1) is 0 Å². The molecule has 2 heterocycles. The van der Waals surface area contributed by atoms with E-state index in [1.807, 2.05) is 48.5 Å². The fraction of sp³-hybridized carbons (Fsp3) is 0.308. The summed E-state index contributed by atoms with van der Waals surface area (Å²) in [6.45, 7) is 3.75. The highest BCUT2D eigenvalue weighted by molar-refractivity contribution is 5.86. The van der Waals surface area contributed by atoms with E-state index >= 15 is 0 Å². The lowest BCUT2D eigenvalue weighted by Crippen LogP contribution is -2.14. The Morgan fingerprint density at radius 1 is 0.486 bits per heavy atom. The summed E-state index contributed by atoms with van der Waals surface area (Å²) in [7, 11) is 0. The minimum Gasteiger partial charge on any atom is -0.490 e. The summed E-state index contributed by atoms with van der Waals surface area (Å²) in [6, 6.07) is 18.8. The van der Waals surface area contributed by atoms with Gasteiger partial charge >= 0.3 is 0 Å². The van der Waals surface area contributed by atoms with Crippen molar-refractivity contribution in [2.45, 2.75) is 0 Å². The van der Waals surface area contributed by atoms with Crippen molar-refractivity contribution in [1.29, 1.82) is 0 Å². The number of rotatable bonds is 14. The number of pyridine rings is 2. The van der Waals surface area contributed by atoms with Gasteiger partial charge < -0.3 is 35.2 Å². The predicted octanol–water partition coefficient (Wildman–Crippen LogP) is 3.46. The average Bonchev–Trinajstić information content (AvgIpc) is 2.86. The van der Waals surface area contributed by atoms with E-state index in [2.05, 4.69) is 9.97 Å². The van der Waals surface area contributed by atoms with Gasteiger partial charge in [0.05, 0.1) is 50.7 Å². The van der Waals surface area contributed by atoms with Crippen molar-refractivity contribution in [1.82, 2.24) is 9.97 Å². The number of nitrogen functional groups attached to an aromatic ring is 2. The van der Waals surface area contributed by atoms with Crippen LogP contribution in [0.3, 0.4) is 0 Å². The molecule has 4 aromatic rings. The Labute approximate surface area is 203 Å². The molecule has 0 fully saturated rings. The normalized spacial score (nSPS) is 11.2. The van der Waals surface area contributed by atoms with Crippen molar-refractivity contribution in [3.8, 4) is 11.5 Å². The lowest BCUT2D eigenvalue weighted by molar-refractivity contribution is 0.00512. The molecule has 0 aliphatic carbocycles. The van der Waals surface area contributed by atoms with E-state index in [-0.39, 0.29) is 0 Å². The number of nitrogens with zero attached hydrogens (tertiary/aromatic N) is 2. The number of ether oxygens (including phenoxy) is 5. The number of hydrogen-bond acceptors (Lipinski definition) is 9. The maximum absolute atomic E-state index is 5.82. The maximum atomic E-state index is 5.82. The number of fused-ring (bicyclic) bond motifs is 2. The third kappa shape index (κ3) is 7.16. The van der Waals surface area contributed by atoms with Crippen LogP contribution in [0.15, 0.2) is 60.7 Å². The molecule has 2 aromatic heterocycles. The van der Waals surface area contributed by atoms with E-state index in [0.717, 1.165) is 33.3 Å². The van der Waals surface area contributed by atoms with Crippen LogP contribution in [0.1, 0.15) is 0 Å². The monoisotopic (exact) mass is 478 g/mol. The minimum absolute atomic E-state index is 0.437. The predicted molar refractivity (Wildman–Crippen MR) is 136 cm³/mol. The average molecular weight is 479 g/mol.